The molecule has 2 aliphatic heterocycles. The number of amides is 1. The van der Waals surface area contributed by atoms with Crippen molar-refractivity contribution in [3.8, 4) is 0 Å². The van der Waals surface area contributed by atoms with Gasteiger partial charge in [0.2, 0.25) is 5.91 Å². The van der Waals surface area contributed by atoms with E-state index in [1.807, 2.05) is 19.1 Å². The van der Waals surface area contributed by atoms with E-state index < -0.39 is 0 Å². The zero-order valence-electron chi connectivity index (χ0n) is 14.1. The molecule has 0 bridgehead atoms. The summed E-state index contributed by atoms with van der Waals surface area (Å²) in [5.74, 6) is 1.18. The molecule has 1 aromatic heterocycles. The Morgan fingerprint density at radius 2 is 2.09 bits per heavy atom. The van der Waals surface area contributed by atoms with E-state index in [1.165, 1.54) is 0 Å². The van der Waals surface area contributed by atoms with E-state index in [0.29, 0.717) is 19.6 Å². The second kappa shape index (κ2) is 6.83. The lowest BCUT2D eigenvalue weighted by Gasteiger charge is -2.52. The Morgan fingerprint density at radius 1 is 1.26 bits per heavy atom. The number of ether oxygens (including phenoxy) is 1. The second-order valence-electron chi connectivity index (χ2n) is 6.67. The molecular weight excluding hydrogens is 292 g/mol. The standard InChI is InChI=1S/C17H26N4O2/c1-14-6-7-15(19-18-14)20-10-4-9-17(13-20)8-3-5-16(22)21(17)11-12-23-2/h6-7H,3-5,8-13H2,1-2H3/t17-/m0/s1. The van der Waals surface area contributed by atoms with Crippen molar-refractivity contribution in [3.63, 3.8) is 0 Å². The lowest BCUT2D eigenvalue weighted by atomic mass is 9.79. The van der Waals surface area contributed by atoms with Crippen molar-refractivity contribution < 1.29 is 9.53 Å². The molecule has 1 spiro atoms. The van der Waals surface area contributed by atoms with E-state index in [2.05, 4.69) is 20.0 Å². The Kier molecular flexibility index (Phi) is 4.80. The average molecular weight is 318 g/mol. The minimum Gasteiger partial charge on any atom is -0.383 e. The van der Waals surface area contributed by atoms with Crippen molar-refractivity contribution in [2.24, 2.45) is 0 Å². The van der Waals surface area contributed by atoms with Gasteiger partial charge < -0.3 is 14.5 Å². The van der Waals surface area contributed by atoms with Crippen LogP contribution < -0.4 is 4.90 Å². The summed E-state index contributed by atoms with van der Waals surface area (Å²) < 4.78 is 5.22. The average Bonchev–Trinajstić information content (AvgIpc) is 2.55. The van der Waals surface area contributed by atoms with Crippen LogP contribution in [0.2, 0.25) is 0 Å². The minimum atomic E-state index is -0.0708. The van der Waals surface area contributed by atoms with E-state index in [4.69, 9.17) is 4.74 Å². The molecule has 2 saturated heterocycles. The first kappa shape index (κ1) is 16.2. The van der Waals surface area contributed by atoms with Crippen molar-refractivity contribution in [2.45, 2.75) is 44.6 Å². The molecule has 126 valence electrons. The Morgan fingerprint density at radius 3 is 2.83 bits per heavy atom. The van der Waals surface area contributed by atoms with Gasteiger partial charge in [0.05, 0.1) is 17.8 Å². The maximum absolute atomic E-state index is 12.5. The highest BCUT2D eigenvalue weighted by molar-refractivity contribution is 5.78. The fourth-order valence-corrected chi connectivity index (χ4v) is 3.94. The van der Waals surface area contributed by atoms with E-state index in [9.17, 15) is 4.79 Å². The molecule has 2 aliphatic rings. The van der Waals surface area contributed by atoms with Gasteiger partial charge in [0.15, 0.2) is 5.82 Å². The maximum Gasteiger partial charge on any atom is 0.223 e. The molecule has 0 aromatic carbocycles. The molecule has 1 atom stereocenters. The van der Waals surface area contributed by atoms with Crippen molar-refractivity contribution in [2.75, 3.05) is 38.3 Å². The Hall–Kier alpha value is -1.69. The molecule has 6 nitrogen and oxygen atoms in total. The molecular formula is C17H26N4O2. The summed E-state index contributed by atoms with van der Waals surface area (Å²) in [4.78, 5) is 16.8. The van der Waals surface area contributed by atoms with Gasteiger partial charge in [-0.3, -0.25) is 4.79 Å². The third kappa shape index (κ3) is 3.32. The SMILES string of the molecule is COCCN1C(=O)CCC[C@@]12CCCN(c1ccc(C)nn1)C2. The van der Waals surface area contributed by atoms with Crippen LogP contribution in [0.25, 0.3) is 0 Å². The second-order valence-corrected chi connectivity index (χ2v) is 6.67. The van der Waals surface area contributed by atoms with Gasteiger partial charge in [-0.15, -0.1) is 5.10 Å². The summed E-state index contributed by atoms with van der Waals surface area (Å²) in [6.45, 7) is 5.05. The predicted molar refractivity (Wildman–Crippen MR) is 88.4 cm³/mol. The lowest BCUT2D eigenvalue weighted by molar-refractivity contribution is -0.143. The fourth-order valence-electron chi connectivity index (χ4n) is 3.94. The third-order valence-corrected chi connectivity index (χ3v) is 5.09. The van der Waals surface area contributed by atoms with Crippen LogP contribution in [0.5, 0.6) is 0 Å². The largest absolute Gasteiger partial charge is 0.383 e. The number of aryl methyl sites for hydroxylation is 1. The number of nitrogens with zero attached hydrogens (tertiary/aromatic N) is 4. The first-order valence-corrected chi connectivity index (χ1v) is 8.49. The molecule has 23 heavy (non-hydrogen) atoms. The molecule has 0 unspecified atom stereocenters. The zero-order chi connectivity index (χ0) is 16.3. The van der Waals surface area contributed by atoms with Gasteiger partial charge in [0.1, 0.15) is 0 Å². The summed E-state index contributed by atoms with van der Waals surface area (Å²) in [7, 11) is 1.69. The summed E-state index contributed by atoms with van der Waals surface area (Å²) in [6, 6.07) is 4.03. The molecule has 3 heterocycles. The summed E-state index contributed by atoms with van der Waals surface area (Å²) in [5.41, 5.74) is 0.855. The normalized spacial score (nSPS) is 25.2. The van der Waals surface area contributed by atoms with Gasteiger partial charge in [-0.05, 0) is 44.7 Å². The van der Waals surface area contributed by atoms with E-state index in [1.54, 1.807) is 7.11 Å². The Bertz CT molecular complexity index is 544. The molecule has 0 aliphatic carbocycles. The monoisotopic (exact) mass is 318 g/mol. The number of methoxy groups -OCH3 is 1. The molecule has 1 aromatic rings. The number of carbonyl (C=O) groups excluding carboxylic acids is 1. The Balaban J connectivity index is 1.81. The molecule has 0 N–H and O–H groups in total. The molecule has 1 amide bonds. The van der Waals surface area contributed by atoms with Gasteiger partial charge in [0.25, 0.3) is 0 Å². The van der Waals surface area contributed by atoms with Crippen LogP contribution in [0.1, 0.15) is 37.8 Å². The van der Waals surface area contributed by atoms with Gasteiger partial charge in [-0.1, -0.05) is 0 Å². The van der Waals surface area contributed by atoms with Crippen LogP contribution in [0.3, 0.4) is 0 Å². The first-order chi connectivity index (χ1) is 11.1. The van der Waals surface area contributed by atoms with Crippen molar-refractivity contribution in [3.05, 3.63) is 17.8 Å². The minimum absolute atomic E-state index is 0.0708. The van der Waals surface area contributed by atoms with Crippen LogP contribution in [-0.2, 0) is 9.53 Å². The highest BCUT2D eigenvalue weighted by Gasteiger charge is 2.45. The van der Waals surface area contributed by atoms with Crippen LogP contribution in [0.15, 0.2) is 12.1 Å². The lowest BCUT2D eigenvalue weighted by Crippen LogP contribution is -2.63. The molecule has 6 heteroatoms. The number of anilines is 1. The predicted octanol–water partition coefficient (Wildman–Crippen LogP) is 1.78. The Labute approximate surface area is 137 Å². The van der Waals surface area contributed by atoms with Crippen LogP contribution in [0.4, 0.5) is 5.82 Å². The van der Waals surface area contributed by atoms with E-state index in [-0.39, 0.29) is 11.4 Å². The third-order valence-electron chi connectivity index (χ3n) is 5.09. The number of carbonyl (C=O) groups is 1. The van der Waals surface area contributed by atoms with Crippen LogP contribution in [-0.4, -0.2) is 59.9 Å². The van der Waals surface area contributed by atoms with Gasteiger partial charge in [-0.2, -0.15) is 5.10 Å². The summed E-state index contributed by atoms with van der Waals surface area (Å²) >= 11 is 0. The van der Waals surface area contributed by atoms with Gasteiger partial charge in [0, 0.05) is 33.2 Å². The van der Waals surface area contributed by atoms with Crippen LogP contribution in [0, 0.1) is 6.92 Å². The summed E-state index contributed by atoms with van der Waals surface area (Å²) in [6.07, 6.45) is 4.86. The number of hydrogen-bond donors (Lipinski definition) is 0. The molecule has 0 saturated carbocycles. The molecule has 3 rings (SSSR count). The number of aromatic nitrogens is 2. The molecule has 0 radical (unpaired) electrons. The van der Waals surface area contributed by atoms with Crippen molar-refractivity contribution in [1.82, 2.24) is 15.1 Å². The summed E-state index contributed by atoms with van der Waals surface area (Å²) in [5, 5.41) is 8.51. The van der Waals surface area contributed by atoms with E-state index in [0.717, 1.165) is 50.3 Å². The number of likely N-dealkylation sites (tertiary alicyclic amines) is 1. The number of hydrogen-bond acceptors (Lipinski definition) is 5. The number of rotatable bonds is 4. The van der Waals surface area contributed by atoms with Crippen LogP contribution >= 0.6 is 0 Å². The highest BCUT2D eigenvalue weighted by Crippen LogP contribution is 2.37. The quantitative estimate of drug-likeness (QED) is 0.847. The van der Waals surface area contributed by atoms with Gasteiger partial charge in [-0.25, -0.2) is 0 Å². The molecule has 2 fully saturated rings. The number of piperidine rings is 2. The first-order valence-electron chi connectivity index (χ1n) is 8.49. The highest BCUT2D eigenvalue weighted by atomic mass is 16.5. The zero-order valence-corrected chi connectivity index (χ0v) is 14.1. The topological polar surface area (TPSA) is 58.6 Å². The van der Waals surface area contributed by atoms with E-state index >= 15 is 0 Å². The smallest absolute Gasteiger partial charge is 0.223 e. The van der Waals surface area contributed by atoms with Crippen molar-refractivity contribution >= 4 is 11.7 Å². The maximum atomic E-state index is 12.5. The van der Waals surface area contributed by atoms with Crippen molar-refractivity contribution in [1.29, 1.82) is 0 Å². The van der Waals surface area contributed by atoms with Gasteiger partial charge >= 0.3 is 0 Å². The fraction of sp³-hybridized carbons (Fsp3) is 0.706.